The van der Waals surface area contributed by atoms with E-state index in [0.717, 1.165) is 19.5 Å². The maximum absolute atomic E-state index is 5.87. The van der Waals surface area contributed by atoms with Gasteiger partial charge >= 0.3 is 0 Å². The molecule has 1 fully saturated rings. The zero-order chi connectivity index (χ0) is 9.03. The first kappa shape index (κ1) is 10.0. The zero-order valence-electron chi connectivity index (χ0n) is 8.40. The van der Waals surface area contributed by atoms with Crippen LogP contribution < -0.4 is 11.1 Å². The molecule has 0 aromatic rings. The summed E-state index contributed by atoms with van der Waals surface area (Å²) in [7, 11) is 0. The van der Waals surface area contributed by atoms with Gasteiger partial charge in [-0.1, -0.05) is 20.3 Å². The first-order chi connectivity index (χ1) is 5.66. The minimum Gasteiger partial charge on any atom is -0.327 e. The predicted octanol–water partition coefficient (Wildman–Crippen LogP) is 1.50. The van der Waals surface area contributed by atoms with E-state index in [1.165, 1.54) is 19.3 Å². The normalized spacial score (nSPS) is 22.2. The molecule has 3 N–H and O–H groups in total. The van der Waals surface area contributed by atoms with Crippen LogP contribution in [0.2, 0.25) is 0 Å². The maximum atomic E-state index is 5.87. The molecule has 2 nitrogen and oxygen atoms in total. The Labute approximate surface area is 75.9 Å². The van der Waals surface area contributed by atoms with Gasteiger partial charge in [-0.05, 0) is 24.7 Å². The Kier molecular flexibility index (Phi) is 3.53. The third-order valence-electron chi connectivity index (χ3n) is 2.72. The molecule has 0 amide bonds. The average molecular weight is 170 g/mol. The lowest BCUT2D eigenvalue weighted by molar-refractivity contribution is 0.464. The maximum Gasteiger partial charge on any atom is 0.0165 e. The van der Waals surface area contributed by atoms with Crippen molar-refractivity contribution in [2.75, 3.05) is 13.1 Å². The molecule has 1 saturated carbocycles. The van der Waals surface area contributed by atoms with Gasteiger partial charge in [0, 0.05) is 19.1 Å². The van der Waals surface area contributed by atoms with Crippen molar-refractivity contribution in [3.63, 3.8) is 0 Å². The van der Waals surface area contributed by atoms with Crippen molar-refractivity contribution in [1.29, 1.82) is 0 Å². The minimum absolute atomic E-state index is 0.359. The van der Waals surface area contributed by atoms with Crippen molar-refractivity contribution in [3.8, 4) is 0 Å². The Hall–Kier alpha value is -0.0800. The van der Waals surface area contributed by atoms with Gasteiger partial charge in [0.05, 0.1) is 0 Å². The van der Waals surface area contributed by atoms with Crippen LogP contribution in [0.5, 0.6) is 0 Å². The van der Waals surface area contributed by atoms with E-state index in [-0.39, 0.29) is 0 Å². The lowest BCUT2D eigenvalue weighted by Gasteiger charge is -2.14. The van der Waals surface area contributed by atoms with Gasteiger partial charge in [-0.3, -0.25) is 0 Å². The van der Waals surface area contributed by atoms with Crippen LogP contribution >= 0.6 is 0 Å². The molecule has 0 spiro atoms. The van der Waals surface area contributed by atoms with Gasteiger partial charge in [-0.25, -0.2) is 0 Å². The quantitative estimate of drug-likeness (QED) is 0.634. The van der Waals surface area contributed by atoms with Gasteiger partial charge in [-0.15, -0.1) is 0 Å². The number of hydrogen-bond acceptors (Lipinski definition) is 2. The van der Waals surface area contributed by atoms with E-state index in [9.17, 15) is 0 Å². The molecule has 0 heterocycles. The van der Waals surface area contributed by atoms with Crippen molar-refractivity contribution in [3.05, 3.63) is 0 Å². The fourth-order valence-electron chi connectivity index (χ4n) is 1.42. The largest absolute Gasteiger partial charge is 0.327 e. The summed E-state index contributed by atoms with van der Waals surface area (Å²) in [6.45, 7) is 6.67. The highest BCUT2D eigenvalue weighted by Gasteiger charge is 2.36. The summed E-state index contributed by atoms with van der Waals surface area (Å²) < 4.78 is 0. The molecule has 2 heteroatoms. The second kappa shape index (κ2) is 4.24. The molecule has 1 rings (SSSR count). The molecule has 1 atom stereocenters. The van der Waals surface area contributed by atoms with E-state index >= 15 is 0 Å². The summed E-state index contributed by atoms with van der Waals surface area (Å²) in [4.78, 5) is 0. The van der Waals surface area contributed by atoms with Crippen LogP contribution in [0, 0.1) is 5.41 Å². The molecule has 0 radical (unpaired) electrons. The summed E-state index contributed by atoms with van der Waals surface area (Å²) in [5, 5.41) is 3.45. The summed E-state index contributed by atoms with van der Waals surface area (Å²) in [6.07, 6.45) is 5.12. The van der Waals surface area contributed by atoms with E-state index in [2.05, 4.69) is 19.2 Å². The lowest BCUT2D eigenvalue weighted by Crippen LogP contribution is -2.36. The van der Waals surface area contributed by atoms with Gasteiger partial charge in [-0.2, -0.15) is 0 Å². The van der Waals surface area contributed by atoms with E-state index in [1.807, 2.05) is 0 Å². The van der Waals surface area contributed by atoms with Crippen LogP contribution in [0.4, 0.5) is 0 Å². The monoisotopic (exact) mass is 170 g/mol. The molecule has 1 aliphatic carbocycles. The summed E-state index contributed by atoms with van der Waals surface area (Å²) in [6, 6.07) is 0.359. The molecular weight excluding hydrogens is 148 g/mol. The summed E-state index contributed by atoms with van der Waals surface area (Å²) in [5.41, 5.74) is 6.49. The van der Waals surface area contributed by atoms with Crippen molar-refractivity contribution in [1.82, 2.24) is 5.32 Å². The highest BCUT2D eigenvalue weighted by atomic mass is 14.9. The first-order valence-corrected chi connectivity index (χ1v) is 5.12. The van der Waals surface area contributed by atoms with Crippen LogP contribution in [0.3, 0.4) is 0 Å². The minimum atomic E-state index is 0.359. The van der Waals surface area contributed by atoms with Gasteiger partial charge in [0.25, 0.3) is 0 Å². The third kappa shape index (κ3) is 3.55. The molecular formula is C10H22N2. The number of nitrogens with one attached hydrogen (secondary N) is 1. The Morgan fingerprint density at radius 3 is 2.67 bits per heavy atom. The van der Waals surface area contributed by atoms with E-state index < -0.39 is 0 Å². The predicted molar refractivity (Wildman–Crippen MR) is 53.1 cm³/mol. The molecule has 12 heavy (non-hydrogen) atoms. The number of nitrogens with two attached hydrogens (primary N) is 1. The van der Waals surface area contributed by atoms with E-state index in [4.69, 9.17) is 5.73 Å². The van der Waals surface area contributed by atoms with Crippen LogP contribution in [0.1, 0.15) is 39.5 Å². The fraction of sp³-hybridized carbons (Fsp3) is 1.00. The molecule has 0 bridgehead atoms. The van der Waals surface area contributed by atoms with Crippen LogP contribution in [-0.4, -0.2) is 19.1 Å². The average Bonchev–Trinajstić information content (AvgIpc) is 2.69. The van der Waals surface area contributed by atoms with Gasteiger partial charge in [0.1, 0.15) is 0 Å². The lowest BCUT2D eigenvalue weighted by atomic mass is 10.1. The molecule has 0 saturated heterocycles. The first-order valence-electron chi connectivity index (χ1n) is 5.12. The molecule has 0 aromatic heterocycles. The van der Waals surface area contributed by atoms with Crippen molar-refractivity contribution in [2.24, 2.45) is 11.1 Å². The van der Waals surface area contributed by atoms with Crippen molar-refractivity contribution in [2.45, 2.75) is 45.6 Å². The fourth-order valence-corrected chi connectivity index (χ4v) is 1.42. The van der Waals surface area contributed by atoms with Crippen LogP contribution in [-0.2, 0) is 0 Å². The van der Waals surface area contributed by atoms with Crippen molar-refractivity contribution < 1.29 is 0 Å². The number of hydrogen-bond donors (Lipinski definition) is 2. The Balaban J connectivity index is 1.94. The highest BCUT2D eigenvalue weighted by molar-refractivity contribution is 4.90. The third-order valence-corrected chi connectivity index (χ3v) is 2.72. The Morgan fingerprint density at radius 1 is 1.50 bits per heavy atom. The Morgan fingerprint density at radius 2 is 2.17 bits per heavy atom. The van der Waals surface area contributed by atoms with Crippen LogP contribution in [0.15, 0.2) is 0 Å². The van der Waals surface area contributed by atoms with Gasteiger partial charge in [0.15, 0.2) is 0 Å². The van der Waals surface area contributed by atoms with E-state index in [0.29, 0.717) is 11.5 Å². The smallest absolute Gasteiger partial charge is 0.0165 e. The molecule has 1 unspecified atom stereocenters. The van der Waals surface area contributed by atoms with Crippen LogP contribution in [0.25, 0.3) is 0 Å². The highest BCUT2D eigenvalue weighted by Crippen LogP contribution is 2.43. The second-order valence-corrected chi connectivity index (χ2v) is 4.49. The number of rotatable bonds is 6. The Bertz CT molecular complexity index is 130. The molecule has 72 valence electrons. The summed E-state index contributed by atoms with van der Waals surface area (Å²) in [5.74, 6) is 0. The molecule has 0 aliphatic heterocycles. The topological polar surface area (TPSA) is 38.0 Å². The SMILES string of the molecule is CCCC(N)CNCC1(C)CC1. The van der Waals surface area contributed by atoms with Crippen molar-refractivity contribution >= 4 is 0 Å². The molecule has 1 aliphatic rings. The van der Waals surface area contributed by atoms with Gasteiger partial charge < -0.3 is 11.1 Å². The zero-order valence-corrected chi connectivity index (χ0v) is 8.40. The second-order valence-electron chi connectivity index (χ2n) is 4.49. The standard InChI is InChI=1S/C10H22N2/c1-3-4-9(11)7-12-8-10(2)5-6-10/h9,12H,3-8,11H2,1-2H3. The van der Waals surface area contributed by atoms with Gasteiger partial charge in [0.2, 0.25) is 0 Å². The molecule has 0 aromatic carbocycles. The van der Waals surface area contributed by atoms with E-state index in [1.54, 1.807) is 0 Å². The summed E-state index contributed by atoms with van der Waals surface area (Å²) >= 11 is 0.